The summed E-state index contributed by atoms with van der Waals surface area (Å²) in [5.74, 6) is 0.160. The maximum absolute atomic E-state index is 12.6. The van der Waals surface area contributed by atoms with Crippen molar-refractivity contribution in [3.63, 3.8) is 0 Å². The van der Waals surface area contributed by atoms with Crippen molar-refractivity contribution in [2.45, 2.75) is 30.8 Å². The number of benzene rings is 2. The number of ether oxygens (including phenoxy) is 3. The van der Waals surface area contributed by atoms with Crippen LogP contribution in [0.15, 0.2) is 61.2 Å². The van der Waals surface area contributed by atoms with Gasteiger partial charge < -0.3 is 29.4 Å². The average molecular weight is 536 g/mol. The summed E-state index contributed by atoms with van der Waals surface area (Å²) in [6.07, 6.45) is 0.442. The van der Waals surface area contributed by atoms with E-state index < -0.39 is 33.1 Å². The molecule has 4 aromatic rings. The molecule has 38 heavy (non-hydrogen) atoms. The van der Waals surface area contributed by atoms with Crippen LogP contribution in [0.25, 0.3) is 22.3 Å². The monoisotopic (exact) mass is 536 g/mol. The fourth-order valence-electron chi connectivity index (χ4n) is 5.13. The normalized spacial score (nSPS) is 21.3. The number of hydrogen-bond donors (Lipinski definition) is 3. The Labute approximate surface area is 218 Å². The summed E-state index contributed by atoms with van der Waals surface area (Å²) in [7, 11) is -2.16. The van der Waals surface area contributed by atoms with Crippen molar-refractivity contribution in [3.8, 4) is 11.1 Å². The van der Waals surface area contributed by atoms with Crippen LogP contribution in [0.3, 0.4) is 0 Å². The number of nitrogens with two attached hydrogens (primary N) is 2. The second-order valence-electron chi connectivity index (χ2n) is 8.99. The molecule has 3 heterocycles. The average Bonchev–Trinajstić information content (AvgIpc) is 3.60. The van der Waals surface area contributed by atoms with E-state index in [1.54, 1.807) is 4.57 Å². The van der Waals surface area contributed by atoms with Gasteiger partial charge in [-0.2, -0.15) is 0 Å². The molecular formula is C25H25N6O6P. The number of carbonyl (C=O) groups is 1. The molecule has 1 fully saturated rings. The number of anilines is 1. The number of nitrogens with zero attached hydrogens (tertiary/aromatic N) is 4. The van der Waals surface area contributed by atoms with Crippen LogP contribution in [0, 0.1) is 0 Å². The Hall–Kier alpha value is -3.67. The Morgan fingerprint density at radius 2 is 1.74 bits per heavy atom. The quantitative estimate of drug-likeness (QED) is 0.234. The highest BCUT2D eigenvalue weighted by atomic mass is 31.2. The third-order valence-corrected chi connectivity index (χ3v) is 7.30. The summed E-state index contributed by atoms with van der Waals surface area (Å²) in [6, 6.07) is 16.2. The first kappa shape index (κ1) is 24.7. The molecule has 0 radical (unpaired) electrons. The van der Waals surface area contributed by atoms with Gasteiger partial charge in [0.1, 0.15) is 37.4 Å². The van der Waals surface area contributed by atoms with Crippen molar-refractivity contribution in [1.29, 1.82) is 0 Å². The maximum atomic E-state index is 12.6. The number of nitrogen functional groups attached to an aromatic ring is 1. The van der Waals surface area contributed by atoms with Gasteiger partial charge in [-0.1, -0.05) is 48.5 Å². The van der Waals surface area contributed by atoms with E-state index in [1.807, 2.05) is 36.4 Å². The van der Waals surface area contributed by atoms with Crippen LogP contribution < -0.4 is 11.2 Å². The zero-order valence-corrected chi connectivity index (χ0v) is 21.0. The highest BCUT2D eigenvalue weighted by Gasteiger charge is 2.40. The van der Waals surface area contributed by atoms with Gasteiger partial charge in [0.15, 0.2) is 11.5 Å². The van der Waals surface area contributed by atoms with Gasteiger partial charge in [-0.15, -0.1) is 0 Å². The van der Waals surface area contributed by atoms with Gasteiger partial charge in [0.2, 0.25) is 8.53 Å². The minimum Gasteiger partial charge on any atom is -0.433 e. The maximum Gasteiger partial charge on any atom is 0.508 e. The third kappa shape index (κ3) is 4.57. The number of imidazole rings is 1. The smallest absolute Gasteiger partial charge is 0.433 e. The van der Waals surface area contributed by atoms with Crippen LogP contribution in [0.4, 0.5) is 10.6 Å². The van der Waals surface area contributed by atoms with E-state index in [9.17, 15) is 9.69 Å². The lowest BCUT2D eigenvalue weighted by atomic mass is 9.98. The Kier molecular flexibility index (Phi) is 6.64. The Morgan fingerprint density at radius 3 is 2.45 bits per heavy atom. The molecule has 1 unspecified atom stereocenters. The van der Waals surface area contributed by atoms with E-state index in [-0.39, 0.29) is 24.9 Å². The van der Waals surface area contributed by atoms with Crippen molar-refractivity contribution in [2.75, 3.05) is 18.9 Å². The predicted molar refractivity (Wildman–Crippen MR) is 137 cm³/mol. The van der Waals surface area contributed by atoms with E-state index >= 15 is 0 Å². The van der Waals surface area contributed by atoms with Crippen molar-refractivity contribution in [1.82, 2.24) is 19.5 Å². The second kappa shape index (κ2) is 10.2. The fraction of sp³-hybridized carbons (Fsp3) is 0.280. The summed E-state index contributed by atoms with van der Waals surface area (Å²) in [4.78, 5) is 34.7. The number of hydrogen-bond acceptors (Lipinski definition) is 11. The fourth-order valence-corrected chi connectivity index (χ4v) is 5.63. The minimum absolute atomic E-state index is 0.0859. The zero-order valence-electron chi connectivity index (χ0n) is 20.1. The summed E-state index contributed by atoms with van der Waals surface area (Å²) in [6.45, 7) is -0.0292. The number of aromatic nitrogens is 4. The highest BCUT2D eigenvalue weighted by Crippen LogP contribution is 2.44. The molecule has 0 spiro atoms. The van der Waals surface area contributed by atoms with Gasteiger partial charge in [0.25, 0.3) is 0 Å². The van der Waals surface area contributed by atoms with Gasteiger partial charge >= 0.3 is 6.16 Å². The molecule has 1 aliphatic carbocycles. The second-order valence-corrected chi connectivity index (χ2v) is 9.81. The summed E-state index contributed by atoms with van der Waals surface area (Å²) >= 11 is 0. The molecule has 6 rings (SSSR count). The lowest BCUT2D eigenvalue weighted by Gasteiger charge is -2.19. The lowest BCUT2D eigenvalue weighted by Crippen LogP contribution is -2.30. The molecule has 2 aliphatic rings. The largest absolute Gasteiger partial charge is 0.508 e. The van der Waals surface area contributed by atoms with Gasteiger partial charge in [0, 0.05) is 12.3 Å². The molecule has 1 saturated heterocycles. The summed E-state index contributed by atoms with van der Waals surface area (Å²) in [5, 5.41) is 0. The molecule has 13 heteroatoms. The standard InChI is InChI=1S/C25H25N6O6P/c26-23-22-24(29-12-28-23)31(13-30-22)21-9-19(37-38(27)33)20(36-21)11-35-25(32)34-10-18-16-7-3-1-5-14(16)15-6-2-4-8-17(15)18/h1-8,12-13,18-21,33H,9-11,27H2,(H2,26,28,29)/t19-,20+,21+,38?/m0/s1. The summed E-state index contributed by atoms with van der Waals surface area (Å²) in [5.41, 5.74) is 16.8. The third-order valence-electron chi connectivity index (χ3n) is 6.82. The van der Waals surface area contributed by atoms with Crippen LogP contribution in [0.5, 0.6) is 0 Å². The first-order valence-electron chi connectivity index (χ1n) is 12.0. The number of rotatable bonds is 7. The molecule has 12 nitrogen and oxygen atoms in total. The Balaban J connectivity index is 1.11. The SMILES string of the molecule is Nc1ncnc2c1ncn2[C@H]1C[C@H](OP(N)O)[C@@H](COC(=O)OCC2c3ccccc3-c3ccccc32)O1. The molecular weight excluding hydrogens is 511 g/mol. The number of carbonyl (C=O) groups excluding carboxylic acids is 1. The molecule has 4 atom stereocenters. The van der Waals surface area contributed by atoms with Crippen molar-refractivity contribution < 1.29 is 28.4 Å². The molecule has 1 aliphatic heterocycles. The first-order chi connectivity index (χ1) is 18.5. The Morgan fingerprint density at radius 1 is 1.05 bits per heavy atom. The van der Waals surface area contributed by atoms with Crippen LogP contribution in [-0.2, 0) is 18.7 Å². The van der Waals surface area contributed by atoms with Gasteiger partial charge in [-0.25, -0.2) is 19.7 Å². The van der Waals surface area contributed by atoms with Gasteiger partial charge in [0.05, 0.1) is 12.4 Å². The van der Waals surface area contributed by atoms with Crippen LogP contribution in [-0.4, -0.2) is 56.0 Å². The highest BCUT2D eigenvalue weighted by molar-refractivity contribution is 7.43. The van der Waals surface area contributed by atoms with E-state index in [1.165, 1.54) is 12.7 Å². The van der Waals surface area contributed by atoms with Crippen molar-refractivity contribution in [2.24, 2.45) is 5.50 Å². The molecule has 196 valence electrons. The van der Waals surface area contributed by atoms with Crippen molar-refractivity contribution in [3.05, 3.63) is 72.3 Å². The molecule has 0 bridgehead atoms. The van der Waals surface area contributed by atoms with Crippen LogP contribution >= 0.6 is 8.53 Å². The van der Waals surface area contributed by atoms with Gasteiger partial charge in [-0.05, 0) is 22.3 Å². The Bertz CT molecular complexity index is 1440. The van der Waals surface area contributed by atoms with Crippen LogP contribution in [0.2, 0.25) is 0 Å². The predicted octanol–water partition coefficient (Wildman–Crippen LogP) is 3.22. The molecule has 2 aromatic heterocycles. The first-order valence-corrected chi connectivity index (χ1v) is 13.2. The molecule has 5 N–H and O–H groups in total. The van der Waals surface area contributed by atoms with E-state index in [2.05, 4.69) is 27.1 Å². The van der Waals surface area contributed by atoms with Crippen LogP contribution in [0.1, 0.15) is 29.7 Å². The van der Waals surface area contributed by atoms with Crippen molar-refractivity contribution >= 4 is 31.7 Å². The lowest BCUT2D eigenvalue weighted by molar-refractivity contribution is -0.0532. The number of fused-ring (bicyclic) bond motifs is 4. The summed E-state index contributed by atoms with van der Waals surface area (Å²) < 4.78 is 24.2. The van der Waals surface area contributed by atoms with E-state index in [0.29, 0.717) is 17.6 Å². The van der Waals surface area contributed by atoms with E-state index in [4.69, 9.17) is 30.0 Å². The molecule has 0 amide bonds. The topological polar surface area (TPSA) is 170 Å². The molecule has 0 saturated carbocycles. The van der Waals surface area contributed by atoms with E-state index in [0.717, 1.165) is 22.3 Å². The molecule has 2 aromatic carbocycles. The zero-order chi connectivity index (χ0) is 26.2. The minimum atomic E-state index is -2.16. The van der Waals surface area contributed by atoms with Gasteiger partial charge in [-0.3, -0.25) is 10.1 Å².